The van der Waals surface area contributed by atoms with Crippen LogP contribution in [-0.2, 0) is 14.4 Å². The fraction of sp³-hybridized carbons (Fsp3) is 0.667. The van der Waals surface area contributed by atoms with E-state index >= 15 is 0 Å². The molecule has 2 amide bonds. The molecule has 15 heavy (non-hydrogen) atoms. The number of nitrogens with two attached hydrogens (primary N) is 1. The Hall–Kier alpha value is -1.59. The van der Waals surface area contributed by atoms with Gasteiger partial charge in [-0.2, -0.15) is 0 Å². The number of carbonyl (C=O) groups excluding carboxylic acids is 2. The van der Waals surface area contributed by atoms with E-state index in [1.165, 1.54) is 4.90 Å². The van der Waals surface area contributed by atoms with Crippen LogP contribution in [0, 0.1) is 11.8 Å². The zero-order valence-electron chi connectivity index (χ0n) is 8.47. The molecule has 0 saturated carbocycles. The van der Waals surface area contributed by atoms with Crippen LogP contribution in [0.25, 0.3) is 0 Å². The van der Waals surface area contributed by atoms with E-state index in [9.17, 15) is 14.4 Å². The monoisotopic (exact) mass is 214 g/mol. The van der Waals surface area contributed by atoms with Crippen molar-refractivity contribution in [2.45, 2.75) is 13.3 Å². The van der Waals surface area contributed by atoms with Crippen molar-refractivity contribution in [2.24, 2.45) is 17.6 Å². The van der Waals surface area contributed by atoms with Crippen LogP contribution < -0.4 is 5.73 Å². The van der Waals surface area contributed by atoms with Crippen molar-refractivity contribution in [1.29, 1.82) is 0 Å². The number of carboxylic acid groups (broad SMARTS) is 1. The molecule has 2 atom stereocenters. The highest BCUT2D eigenvalue weighted by atomic mass is 16.4. The number of hydrogen-bond donors (Lipinski definition) is 2. The Labute approximate surface area is 87.0 Å². The van der Waals surface area contributed by atoms with Crippen LogP contribution in [0.2, 0.25) is 0 Å². The Balaban J connectivity index is 2.54. The van der Waals surface area contributed by atoms with E-state index in [1.807, 2.05) is 0 Å². The zero-order chi connectivity index (χ0) is 11.6. The smallest absolute Gasteiger partial charge is 0.308 e. The first-order valence-electron chi connectivity index (χ1n) is 4.71. The van der Waals surface area contributed by atoms with Gasteiger partial charge in [0.2, 0.25) is 11.8 Å². The van der Waals surface area contributed by atoms with E-state index in [0.717, 1.165) is 0 Å². The molecule has 1 aliphatic rings. The van der Waals surface area contributed by atoms with E-state index in [2.05, 4.69) is 0 Å². The summed E-state index contributed by atoms with van der Waals surface area (Å²) in [4.78, 5) is 34.2. The summed E-state index contributed by atoms with van der Waals surface area (Å²) in [5, 5.41) is 8.72. The summed E-state index contributed by atoms with van der Waals surface area (Å²) in [6, 6.07) is 0. The Kier molecular flexibility index (Phi) is 3.28. The van der Waals surface area contributed by atoms with Crippen LogP contribution in [0.3, 0.4) is 0 Å². The standard InChI is InChI=1S/C9H14N2O4/c1-5(8(10)13)3-11-4-6(9(14)15)2-7(11)12/h5-6H,2-4H2,1H3,(H2,10,13)(H,14,15). The molecular formula is C9H14N2O4. The molecule has 0 aromatic rings. The van der Waals surface area contributed by atoms with E-state index in [4.69, 9.17) is 10.8 Å². The number of aliphatic carboxylic acids is 1. The maximum Gasteiger partial charge on any atom is 0.308 e. The third kappa shape index (κ3) is 2.68. The van der Waals surface area contributed by atoms with Crippen molar-refractivity contribution in [2.75, 3.05) is 13.1 Å². The van der Waals surface area contributed by atoms with Crippen molar-refractivity contribution in [3.05, 3.63) is 0 Å². The molecule has 1 saturated heterocycles. The van der Waals surface area contributed by atoms with Crippen molar-refractivity contribution >= 4 is 17.8 Å². The van der Waals surface area contributed by atoms with Crippen molar-refractivity contribution in [1.82, 2.24) is 4.90 Å². The normalized spacial score (nSPS) is 22.9. The lowest BCUT2D eigenvalue weighted by molar-refractivity contribution is -0.141. The van der Waals surface area contributed by atoms with Gasteiger partial charge in [0.05, 0.1) is 11.8 Å². The number of nitrogens with zero attached hydrogens (tertiary/aromatic N) is 1. The zero-order valence-corrected chi connectivity index (χ0v) is 8.47. The number of carboxylic acids is 1. The summed E-state index contributed by atoms with van der Waals surface area (Å²) in [5.41, 5.74) is 5.06. The maximum atomic E-state index is 11.4. The molecule has 0 aliphatic carbocycles. The Bertz CT molecular complexity index is 302. The molecule has 0 aromatic heterocycles. The second-order valence-corrected chi connectivity index (χ2v) is 3.84. The van der Waals surface area contributed by atoms with Crippen LogP contribution in [-0.4, -0.2) is 40.9 Å². The summed E-state index contributed by atoms with van der Waals surface area (Å²) in [7, 11) is 0. The third-order valence-corrected chi connectivity index (χ3v) is 2.54. The second kappa shape index (κ2) is 4.29. The number of hydrogen-bond acceptors (Lipinski definition) is 3. The summed E-state index contributed by atoms with van der Waals surface area (Å²) in [6.45, 7) is 1.99. The van der Waals surface area contributed by atoms with Gasteiger partial charge in [-0.3, -0.25) is 14.4 Å². The van der Waals surface area contributed by atoms with Gasteiger partial charge in [0.25, 0.3) is 0 Å². The first-order chi connectivity index (χ1) is 6.91. The van der Waals surface area contributed by atoms with E-state index < -0.39 is 23.7 Å². The van der Waals surface area contributed by atoms with Crippen LogP contribution >= 0.6 is 0 Å². The van der Waals surface area contributed by atoms with Gasteiger partial charge in [0, 0.05) is 19.5 Å². The minimum Gasteiger partial charge on any atom is -0.481 e. The summed E-state index contributed by atoms with van der Waals surface area (Å²) >= 11 is 0. The summed E-state index contributed by atoms with van der Waals surface area (Å²) < 4.78 is 0. The fourth-order valence-electron chi connectivity index (χ4n) is 1.53. The van der Waals surface area contributed by atoms with Crippen molar-refractivity contribution < 1.29 is 19.5 Å². The lowest BCUT2D eigenvalue weighted by Crippen LogP contribution is -2.36. The van der Waals surface area contributed by atoms with Crippen LogP contribution in [0.4, 0.5) is 0 Å². The minimum atomic E-state index is -0.974. The third-order valence-electron chi connectivity index (χ3n) is 2.54. The number of carbonyl (C=O) groups is 3. The molecule has 3 N–H and O–H groups in total. The van der Waals surface area contributed by atoms with E-state index in [0.29, 0.717) is 0 Å². The molecule has 1 aliphatic heterocycles. The lowest BCUT2D eigenvalue weighted by atomic mass is 10.1. The van der Waals surface area contributed by atoms with E-state index in [-0.39, 0.29) is 25.4 Å². The molecule has 6 heteroatoms. The number of rotatable bonds is 4. The van der Waals surface area contributed by atoms with Crippen molar-refractivity contribution in [3.8, 4) is 0 Å². The Morgan fingerprint density at radius 3 is 2.67 bits per heavy atom. The number of primary amides is 1. The molecule has 6 nitrogen and oxygen atoms in total. The highest BCUT2D eigenvalue weighted by molar-refractivity contribution is 5.86. The topological polar surface area (TPSA) is 101 Å². The highest BCUT2D eigenvalue weighted by Gasteiger charge is 2.35. The number of amides is 2. The van der Waals surface area contributed by atoms with Gasteiger partial charge in [-0.1, -0.05) is 6.92 Å². The van der Waals surface area contributed by atoms with Gasteiger partial charge < -0.3 is 15.7 Å². The highest BCUT2D eigenvalue weighted by Crippen LogP contribution is 2.18. The van der Waals surface area contributed by atoms with Crippen LogP contribution in [0.1, 0.15) is 13.3 Å². The second-order valence-electron chi connectivity index (χ2n) is 3.84. The molecule has 1 rings (SSSR count). The number of likely N-dealkylation sites (tertiary alicyclic amines) is 1. The predicted octanol–water partition coefficient (Wildman–Crippen LogP) is -0.959. The maximum absolute atomic E-state index is 11.4. The van der Waals surface area contributed by atoms with Crippen molar-refractivity contribution in [3.63, 3.8) is 0 Å². The molecule has 84 valence electrons. The molecule has 0 spiro atoms. The van der Waals surface area contributed by atoms with Gasteiger partial charge in [0.1, 0.15) is 0 Å². The van der Waals surface area contributed by atoms with Gasteiger partial charge in [-0.15, -0.1) is 0 Å². The van der Waals surface area contributed by atoms with Crippen LogP contribution in [0.5, 0.6) is 0 Å². The van der Waals surface area contributed by atoms with Gasteiger partial charge in [-0.25, -0.2) is 0 Å². The summed E-state index contributed by atoms with van der Waals surface area (Å²) in [5.74, 6) is -2.78. The average Bonchev–Trinajstić information content (AvgIpc) is 2.47. The predicted molar refractivity (Wildman–Crippen MR) is 50.7 cm³/mol. The largest absolute Gasteiger partial charge is 0.481 e. The van der Waals surface area contributed by atoms with Crippen LogP contribution in [0.15, 0.2) is 0 Å². The molecular weight excluding hydrogens is 200 g/mol. The lowest BCUT2D eigenvalue weighted by Gasteiger charge is -2.18. The Morgan fingerprint density at radius 2 is 2.27 bits per heavy atom. The molecule has 0 bridgehead atoms. The van der Waals surface area contributed by atoms with Gasteiger partial charge in [-0.05, 0) is 0 Å². The SMILES string of the molecule is CC(CN1CC(C(=O)O)CC1=O)C(N)=O. The molecule has 1 heterocycles. The summed E-state index contributed by atoms with van der Waals surface area (Å²) in [6.07, 6.45) is 0.0147. The molecule has 0 radical (unpaired) electrons. The fourth-order valence-corrected chi connectivity index (χ4v) is 1.53. The molecule has 2 unspecified atom stereocenters. The molecule has 0 aromatic carbocycles. The Morgan fingerprint density at radius 1 is 1.67 bits per heavy atom. The molecule has 1 fully saturated rings. The van der Waals surface area contributed by atoms with Gasteiger partial charge >= 0.3 is 5.97 Å². The van der Waals surface area contributed by atoms with E-state index in [1.54, 1.807) is 6.92 Å². The minimum absolute atomic E-state index is 0.0147. The first kappa shape index (κ1) is 11.5. The van der Waals surface area contributed by atoms with Gasteiger partial charge in [0.15, 0.2) is 0 Å². The average molecular weight is 214 g/mol. The first-order valence-corrected chi connectivity index (χ1v) is 4.71. The quantitative estimate of drug-likeness (QED) is 0.629.